The van der Waals surface area contributed by atoms with Crippen molar-refractivity contribution in [1.29, 1.82) is 0 Å². The van der Waals surface area contributed by atoms with Gasteiger partial charge >= 0.3 is 0 Å². The third-order valence-electron chi connectivity index (χ3n) is 6.05. The predicted octanol–water partition coefficient (Wildman–Crippen LogP) is 7.54. The lowest BCUT2D eigenvalue weighted by atomic mass is 10.00. The summed E-state index contributed by atoms with van der Waals surface area (Å²) in [6.45, 7) is 6.22. The van der Waals surface area contributed by atoms with Crippen molar-refractivity contribution in [3.63, 3.8) is 0 Å². The molecule has 180 valence electrons. The number of ether oxygens (including phenoxy) is 1. The maximum atomic E-state index is 11.6. The van der Waals surface area contributed by atoms with Gasteiger partial charge in [0.05, 0.1) is 0 Å². The van der Waals surface area contributed by atoms with Crippen LogP contribution in [0.15, 0.2) is 18.2 Å². The largest absolute Gasteiger partial charge is 0.492 e. The molecule has 0 radical (unpaired) electrons. The van der Waals surface area contributed by atoms with Crippen LogP contribution in [-0.4, -0.2) is 24.8 Å². The van der Waals surface area contributed by atoms with Crippen LogP contribution in [0.4, 0.5) is 0 Å². The van der Waals surface area contributed by atoms with E-state index < -0.39 is 15.4 Å². The van der Waals surface area contributed by atoms with Gasteiger partial charge in [-0.3, -0.25) is 4.55 Å². The van der Waals surface area contributed by atoms with Crippen LogP contribution >= 0.6 is 0 Å². The van der Waals surface area contributed by atoms with Crippen molar-refractivity contribution in [1.82, 2.24) is 0 Å². The highest BCUT2D eigenvalue weighted by Crippen LogP contribution is 2.25. The Morgan fingerprint density at radius 2 is 1.35 bits per heavy atom. The summed E-state index contributed by atoms with van der Waals surface area (Å²) in [7, 11) is -4.09. The van der Waals surface area contributed by atoms with Crippen molar-refractivity contribution >= 4 is 10.1 Å². The van der Waals surface area contributed by atoms with Gasteiger partial charge in [0.25, 0.3) is 10.1 Å². The summed E-state index contributed by atoms with van der Waals surface area (Å²) in [5.74, 6) is 0.791. The van der Waals surface area contributed by atoms with E-state index >= 15 is 0 Å². The Morgan fingerprint density at radius 3 is 1.90 bits per heavy atom. The van der Waals surface area contributed by atoms with E-state index in [2.05, 4.69) is 32.0 Å². The molecule has 4 nitrogen and oxygen atoms in total. The molecular formula is C26H46O4S. The van der Waals surface area contributed by atoms with E-state index in [9.17, 15) is 13.0 Å². The first-order chi connectivity index (χ1) is 14.9. The molecule has 0 amide bonds. The van der Waals surface area contributed by atoms with Crippen molar-refractivity contribution < 1.29 is 17.7 Å². The van der Waals surface area contributed by atoms with E-state index in [4.69, 9.17) is 4.74 Å². The SMILES string of the molecule is CCCCCCCCc1ccc(CCCCCCCC)c(OCC(CC)S(=O)(=O)O)c1. The van der Waals surface area contributed by atoms with Gasteiger partial charge in [-0.15, -0.1) is 0 Å². The molecule has 0 aliphatic carbocycles. The van der Waals surface area contributed by atoms with Gasteiger partial charge in [0, 0.05) is 0 Å². The molecule has 1 atom stereocenters. The second-order valence-electron chi connectivity index (χ2n) is 8.83. The molecule has 0 aliphatic heterocycles. The van der Waals surface area contributed by atoms with Gasteiger partial charge in [0.2, 0.25) is 0 Å². The summed E-state index contributed by atoms with van der Waals surface area (Å²) >= 11 is 0. The Balaban J connectivity index is 2.70. The molecule has 1 unspecified atom stereocenters. The van der Waals surface area contributed by atoms with Crippen LogP contribution < -0.4 is 4.74 Å². The lowest BCUT2D eigenvalue weighted by Gasteiger charge is -2.17. The number of rotatable bonds is 19. The third-order valence-corrected chi connectivity index (χ3v) is 7.36. The summed E-state index contributed by atoms with van der Waals surface area (Å²) in [6, 6.07) is 6.45. The van der Waals surface area contributed by atoms with Crippen LogP contribution in [0.2, 0.25) is 0 Å². The van der Waals surface area contributed by atoms with E-state index in [1.165, 1.54) is 76.2 Å². The Labute approximate surface area is 191 Å². The minimum atomic E-state index is -4.09. The highest BCUT2D eigenvalue weighted by Gasteiger charge is 2.22. The van der Waals surface area contributed by atoms with Gasteiger partial charge in [-0.25, -0.2) is 0 Å². The lowest BCUT2D eigenvalue weighted by molar-refractivity contribution is 0.299. The van der Waals surface area contributed by atoms with Crippen molar-refractivity contribution in [3.05, 3.63) is 29.3 Å². The van der Waals surface area contributed by atoms with Crippen molar-refractivity contribution in [2.75, 3.05) is 6.61 Å². The lowest BCUT2D eigenvalue weighted by Crippen LogP contribution is -2.27. The number of aryl methyl sites for hydroxylation is 2. The predicted molar refractivity (Wildman–Crippen MR) is 132 cm³/mol. The Hall–Kier alpha value is -1.07. The Morgan fingerprint density at radius 1 is 0.806 bits per heavy atom. The number of benzene rings is 1. The van der Waals surface area contributed by atoms with Crippen LogP contribution in [0.25, 0.3) is 0 Å². The van der Waals surface area contributed by atoms with Crippen LogP contribution in [0, 0.1) is 0 Å². The standard InChI is InChI=1S/C26H46O4S/c1-4-7-9-11-13-15-17-23-19-20-24(18-16-14-12-10-8-5-2)26(21-23)30-22-25(6-3)31(27,28)29/h19-21,25H,4-18,22H2,1-3H3,(H,27,28,29). The molecule has 0 aliphatic rings. The molecule has 0 spiro atoms. The maximum absolute atomic E-state index is 11.6. The Kier molecular flexibility index (Phi) is 14.9. The zero-order valence-electron chi connectivity index (χ0n) is 20.2. The monoisotopic (exact) mass is 454 g/mol. The summed E-state index contributed by atoms with van der Waals surface area (Å²) in [5.41, 5.74) is 2.39. The van der Waals surface area contributed by atoms with Gasteiger partial charge < -0.3 is 4.74 Å². The van der Waals surface area contributed by atoms with Crippen molar-refractivity contribution in [2.24, 2.45) is 0 Å². The van der Waals surface area contributed by atoms with E-state index in [-0.39, 0.29) is 6.61 Å². The molecule has 1 aromatic rings. The van der Waals surface area contributed by atoms with Gasteiger partial charge in [0.15, 0.2) is 0 Å². The maximum Gasteiger partial charge on any atom is 0.271 e. The fraction of sp³-hybridized carbons (Fsp3) is 0.769. The number of hydrogen-bond acceptors (Lipinski definition) is 3. The van der Waals surface area contributed by atoms with Crippen LogP contribution in [0.3, 0.4) is 0 Å². The second-order valence-corrected chi connectivity index (χ2v) is 10.5. The smallest absolute Gasteiger partial charge is 0.271 e. The highest BCUT2D eigenvalue weighted by atomic mass is 32.2. The third kappa shape index (κ3) is 12.5. The first kappa shape index (κ1) is 28.0. The average Bonchev–Trinajstić information content (AvgIpc) is 2.73. The summed E-state index contributed by atoms with van der Waals surface area (Å²) in [6.07, 6.45) is 17.4. The van der Waals surface area contributed by atoms with E-state index in [0.29, 0.717) is 6.42 Å². The molecular weight excluding hydrogens is 408 g/mol. The van der Waals surface area contributed by atoms with E-state index in [1.54, 1.807) is 6.92 Å². The molecule has 0 saturated heterocycles. The van der Waals surface area contributed by atoms with Crippen molar-refractivity contribution in [3.8, 4) is 5.75 Å². The normalized spacial score (nSPS) is 12.8. The minimum absolute atomic E-state index is 0.000690. The molecule has 0 heterocycles. The molecule has 31 heavy (non-hydrogen) atoms. The summed E-state index contributed by atoms with van der Waals surface area (Å²) in [5, 5.41) is -0.878. The first-order valence-corrected chi connectivity index (χ1v) is 14.1. The number of unbranched alkanes of at least 4 members (excludes halogenated alkanes) is 10. The molecule has 0 fully saturated rings. The van der Waals surface area contributed by atoms with Crippen LogP contribution in [0.1, 0.15) is 115 Å². The van der Waals surface area contributed by atoms with Gasteiger partial charge in [-0.05, 0) is 49.3 Å². The fourth-order valence-electron chi connectivity index (χ4n) is 3.90. The van der Waals surface area contributed by atoms with Crippen LogP contribution in [-0.2, 0) is 23.0 Å². The fourth-order valence-corrected chi connectivity index (χ4v) is 4.56. The first-order valence-electron chi connectivity index (χ1n) is 12.6. The van der Waals surface area contributed by atoms with Gasteiger partial charge in [-0.2, -0.15) is 8.42 Å². The minimum Gasteiger partial charge on any atom is -0.492 e. The average molecular weight is 455 g/mol. The Bertz CT molecular complexity index is 685. The molecule has 1 N–H and O–H groups in total. The summed E-state index contributed by atoms with van der Waals surface area (Å²) in [4.78, 5) is 0. The molecule has 0 aromatic heterocycles. The zero-order chi connectivity index (χ0) is 23.0. The molecule has 1 rings (SSSR count). The highest BCUT2D eigenvalue weighted by molar-refractivity contribution is 7.86. The van der Waals surface area contributed by atoms with Crippen molar-refractivity contribution in [2.45, 2.75) is 122 Å². The molecule has 5 heteroatoms. The van der Waals surface area contributed by atoms with Crippen LogP contribution in [0.5, 0.6) is 5.75 Å². The van der Waals surface area contributed by atoms with E-state index in [0.717, 1.165) is 30.6 Å². The van der Waals surface area contributed by atoms with E-state index in [1.807, 2.05) is 0 Å². The number of hydrogen-bond donors (Lipinski definition) is 1. The quantitative estimate of drug-likeness (QED) is 0.173. The van der Waals surface area contributed by atoms with Gasteiger partial charge in [-0.1, -0.05) is 97.1 Å². The topological polar surface area (TPSA) is 63.6 Å². The summed E-state index contributed by atoms with van der Waals surface area (Å²) < 4.78 is 38.5. The zero-order valence-corrected chi connectivity index (χ0v) is 21.0. The molecule has 0 bridgehead atoms. The van der Waals surface area contributed by atoms with Gasteiger partial charge in [0.1, 0.15) is 17.6 Å². The second kappa shape index (κ2) is 16.5. The molecule has 0 saturated carbocycles. The molecule has 1 aromatic carbocycles.